The molecule has 3 heteroatoms. The Morgan fingerprint density at radius 3 is 2.55 bits per heavy atom. The minimum atomic E-state index is 0.128. The number of carbonyl (C=O) groups excluding carboxylic acids is 1. The van der Waals surface area contributed by atoms with E-state index in [-0.39, 0.29) is 5.91 Å². The van der Waals surface area contributed by atoms with Crippen molar-refractivity contribution in [3.8, 4) is 5.75 Å². The van der Waals surface area contributed by atoms with Crippen LogP contribution in [0.15, 0.2) is 24.3 Å². The van der Waals surface area contributed by atoms with E-state index in [2.05, 4.69) is 19.2 Å². The zero-order valence-corrected chi connectivity index (χ0v) is 12.9. The van der Waals surface area contributed by atoms with Gasteiger partial charge in [-0.1, -0.05) is 44.9 Å². The van der Waals surface area contributed by atoms with Gasteiger partial charge in [0, 0.05) is 13.0 Å². The minimum absolute atomic E-state index is 0.128. The molecule has 0 radical (unpaired) electrons. The number of nitrogens with one attached hydrogen (secondary N) is 1. The first-order valence-corrected chi connectivity index (χ1v) is 7.68. The van der Waals surface area contributed by atoms with Crippen LogP contribution >= 0.6 is 0 Å². The van der Waals surface area contributed by atoms with Gasteiger partial charge in [0.2, 0.25) is 5.91 Å². The molecule has 3 nitrogen and oxygen atoms in total. The third-order valence-corrected chi connectivity index (χ3v) is 3.64. The van der Waals surface area contributed by atoms with Crippen molar-refractivity contribution in [2.24, 2.45) is 5.92 Å². The molecule has 1 aromatic rings. The fraction of sp³-hybridized carbons (Fsp3) is 0.588. The Labute approximate surface area is 122 Å². The molecule has 0 saturated heterocycles. The Morgan fingerprint density at radius 1 is 1.20 bits per heavy atom. The van der Waals surface area contributed by atoms with Crippen molar-refractivity contribution in [3.05, 3.63) is 29.8 Å². The third-order valence-electron chi connectivity index (χ3n) is 3.64. The monoisotopic (exact) mass is 277 g/mol. The normalized spacial score (nSPS) is 10.6. The van der Waals surface area contributed by atoms with Gasteiger partial charge in [-0.25, -0.2) is 0 Å². The first kappa shape index (κ1) is 16.5. The fourth-order valence-corrected chi connectivity index (χ4v) is 2.18. The summed E-state index contributed by atoms with van der Waals surface area (Å²) in [5.74, 6) is 1.61. The van der Waals surface area contributed by atoms with E-state index in [0.717, 1.165) is 37.1 Å². The Bertz CT molecular complexity index is 400. The first-order chi connectivity index (χ1) is 9.71. The lowest BCUT2D eigenvalue weighted by atomic mass is 10.0. The van der Waals surface area contributed by atoms with Crippen molar-refractivity contribution < 1.29 is 9.53 Å². The summed E-state index contributed by atoms with van der Waals surface area (Å²) in [6.07, 6.45) is 3.48. The number of para-hydroxylation sites is 1. The van der Waals surface area contributed by atoms with Gasteiger partial charge in [0.1, 0.15) is 5.75 Å². The van der Waals surface area contributed by atoms with Crippen LogP contribution in [0.4, 0.5) is 0 Å². The number of hydrogen-bond acceptors (Lipinski definition) is 2. The molecule has 0 aliphatic rings. The quantitative estimate of drug-likeness (QED) is 0.749. The maximum atomic E-state index is 11.9. The van der Waals surface area contributed by atoms with E-state index < -0.39 is 0 Å². The molecular formula is C17H27NO2. The number of ether oxygens (including phenoxy) is 1. The molecular weight excluding hydrogens is 250 g/mol. The van der Waals surface area contributed by atoms with Gasteiger partial charge in [-0.05, 0) is 30.9 Å². The van der Waals surface area contributed by atoms with E-state index in [1.165, 1.54) is 0 Å². The van der Waals surface area contributed by atoms with Gasteiger partial charge in [0.05, 0.1) is 6.61 Å². The molecule has 112 valence electrons. The average molecular weight is 277 g/mol. The minimum Gasteiger partial charge on any atom is -0.494 e. The molecule has 0 heterocycles. The molecule has 0 bridgehead atoms. The summed E-state index contributed by atoms with van der Waals surface area (Å²) in [7, 11) is 0. The van der Waals surface area contributed by atoms with Gasteiger partial charge in [-0.15, -0.1) is 0 Å². The van der Waals surface area contributed by atoms with Crippen LogP contribution in [0.5, 0.6) is 5.75 Å². The Morgan fingerprint density at radius 2 is 1.90 bits per heavy atom. The van der Waals surface area contributed by atoms with E-state index in [1.807, 2.05) is 31.2 Å². The van der Waals surface area contributed by atoms with Crippen LogP contribution in [0.1, 0.15) is 45.6 Å². The van der Waals surface area contributed by atoms with E-state index in [1.54, 1.807) is 0 Å². The molecule has 1 rings (SSSR count). The Balaban J connectivity index is 2.41. The first-order valence-electron chi connectivity index (χ1n) is 7.68. The van der Waals surface area contributed by atoms with Crippen LogP contribution in [-0.2, 0) is 11.2 Å². The van der Waals surface area contributed by atoms with Crippen LogP contribution in [0.3, 0.4) is 0 Å². The summed E-state index contributed by atoms with van der Waals surface area (Å²) in [5, 5.41) is 3.03. The second-order valence-corrected chi connectivity index (χ2v) is 5.03. The number of amides is 1. The molecule has 20 heavy (non-hydrogen) atoms. The zero-order valence-electron chi connectivity index (χ0n) is 12.9. The van der Waals surface area contributed by atoms with Crippen LogP contribution in [0.2, 0.25) is 0 Å². The van der Waals surface area contributed by atoms with Crippen molar-refractivity contribution in [1.82, 2.24) is 5.32 Å². The average Bonchev–Trinajstić information content (AvgIpc) is 2.47. The summed E-state index contributed by atoms with van der Waals surface area (Å²) >= 11 is 0. The molecule has 1 aromatic carbocycles. The predicted octanol–water partition coefficient (Wildman–Crippen LogP) is 3.57. The summed E-state index contributed by atoms with van der Waals surface area (Å²) < 4.78 is 5.57. The summed E-state index contributed by atoms with van der Waals surface area (Å²) in [6, 6.07) is 7.93. The maximum Gasteiger partial charge on any atom is 0.220 e. The van der Waals surface area contributed by atoms with Crippen molar-refractivity contribution in [2.75, 3.05) is 13.2 Å². The van der Waals surface area contributed by atoms with Crippen LogP contribution in [0.25, 0.3) is 0 Å². The van der Waals surface area contributed by atoms with Crippen LogP contribution in [-0.4, -0.2) is 19.1 Å². The van der Waals surface area contributed by atoms with E-state index >= 15 is 0 Å². The molecule has 0 unspecified atom stereocenters. The SMILES string of the molecule is CCOc1ccccc1CCC(=O)NCC(CC)CC. The van der Waals surface area contributed by atoms with Crippen LogP contribution < -0.4 is 10.1 Å². The van der Waals surface area contributed by atoms with Gasteiger partial charge >= 0.3 is 0 Å². The largest absolute Gasteiger partial charge is 0.494 e. The third kappa shape index (κ3) is 5.64. The highest BCUT2D eigenvalue weighted by atomic mass is 16.5. The second kappa shape index (κ2) is 9.40. The van der Waals surface area contributed by atoms with Crippen LogP contribution in [0, 0.1) is 5.92 Å². The summed E-state index contributed by atoms with van der Waals surface area (Å²) in [6.45, 7) is 7.74. The van der Waals surface area contributed by atoms with E-state index in [9.17, 15) is 4.79 Å². The Hall–Kier alpha value is -1.51. The molecule has 0 atom stereocenters. The second-order valence-electron chi connectivity index (χ2n) is 5.03. The molecule has 0 fully saturated rings. The predicted molar refractivity (Wildman–Crippen MR) is 83.0 cm³/mol. The molecule has 1 amide bonds. The van der Waals surface area contributed by atoms with Gasteiger partial charge < -0.3 is 10.1 Å². The van der Waals surface area contributed by atoms with E-state index in [4.69, 9.17) is 4.74 Å². The fourth-order valence-electron chi connectivity index (χ4n) is 2.18. The number of aryl methyl sites for hydroxylation is 1. The number of hydrogen-bond donors (Lipinski definition) is 1. The van der Waals surface area contributed by atoms with Gasteiger partial charge in [0.15, 0.2) is 0 Å². The Kier molecular flexibility index (Phi) is 7.78. The standard InChI is InChI=1S/C17H27NO2/c1-4-14(5-2)13-18-17(19)12-11-15-9-7-8-10-16(15)20-6-3/h7-10,14H,4-6,11-13H2,1-3H3,(H,18,19). The number of carbonyl (C=O) groups is 1. The highest BCUT2D eigenvalue weighted by Crippen LogP contribution is 2.19. The number of benzene rings is 1. The maximum absolute atomic E-state index is 11.9. The van der Waals surface area contributed by atoms with Crippen molar-refractivity contribution in [3.63, 3.8) is 0 Å². The van der Waals surface area contributed by atoms with Crippen molar-refractivity contribution in [1.29, 1.82) is 0 Å². The zero-order chi connectivity index (χ0) is 14.8. The van der Waals surface area contributed by atoms with E-state index in [0.29, 0.717) is 18.9 Å². The molecule has 0 aliphatic heterocycles. The summed E-state index contributed by atoms with van der Waals surface area (Å²) in [4.78, 5) is 11.9. The topological polar surface area (TPSA) is 38.3 Å². The summed E-state index contributed by atoms with van der Waals surface area (Å²) in [5.41, 5.74) is 1.10. The highest BCUT2D eigenvalue weighted by Gasteiger charge is 2.08. The van der Waals surface area contributed by atoms with Crippen molar-refractivity contribution in [2.45, 2.75) is 46.5 Å². The molecule has 0 saturated carbocycles. The van der Waals surface area contributed by atoms with Gasteiger partial charge in [-0.3, -0.25) is 4.79 Å². The van der Waals surface area contributed by atoms with Gasteiger partial charge in [0.25, 0.3) is 0 Å². The van der Waals surface area contributed by atoms with Crippen molar-refractivity contribution >= 4 is 5.91 Å². The molecule has 0 spiro atoms. The van der Waals surface area contributed by atoms with Gasteiger partial charge in [-0.2, -0.15) is 0 Å². The molecule has 1 N–H and O–H groups in total. The lowest BCUT2D eigenvalue weighted by Gasteiger charge is -2.14. The number of rotatable bonds is 9. The molecule has 0 aliphatic carbocycles. The lowest BCUT2D eigenvalue weighted by molar-refractivity contribution is -0.121. The smallest absolute Gasteiger partial charge is 0.220 e. The lowest BCUT2D eigenvalue weighted by Crippen LogP contribution is -2.29. The highest BCUT2D eigenvalue weighted by molar-refractivity contribution is 5.76. The molecule has 0 aromatic heterocycles.